The van der Waals surface area contributed by atoms with Crippen LogP contribution >= 0.6 is 27.5 Å². The zero-order valence-electron chi connectivity index (χ0n) is 10.2. The Morgan fingerprint density at radius 2 is 1.76 bits per heavy atom. The summed E-state index contributed by atoms with van der Waals surface area (Å²) >= 11 is 8.94. The Kier molecular flexibility index (Phi) is 4.39. The molecule has 0 radical (unpaired) electrons. The van der Waals surface area contributed by atoms with Crippen molar-refractivity contribution in [3.8, 4) is 11.5 Å². The van der Waals surface area contributed by atoms with Gasteiger partial charge in [-0.15, -0.1) is 0 Å². The summed E-state index contributed by atoms with van der Waals surface area (Å²) in [5, 5.41) is 21.7. The Balaban J connectivity index is 2.48. The number of hydrogen-bond acceptors (Lipinski definition) is 5. The minimum atomic E-state index is -0.678. The maximum Gasteiger partial charge on any atom is 0.329 e. The highest BCUT2D eigenvalue weighted by Gasteiger charge is 2.21. The van der Waals surface area contributed by atoms with Crippen LogP contribution < -0.4 is 4.74 Å². The maximum atomic E-state index is 11.0. The van der Waals surface area contributed by atoms with Crippen LogP contribution in [0.3, 0.4) is 0 Å². The fraction of sp³-hybridized carbons (Fsp3) is 0. The Morgan fingerprint density at radius 3 is 2.38 bits per heavy atom. The fourth-order valence-corrected chi connectivity index (χ4v) is 2.12. The van der Waals surface area contributed by atoms with Crippen molar-refractivity contribution in [1.82, 2.24) is 0 Å². The average Bonchev–Trinajstić information content (AvgIpc) is 2.40. The SMILES string of the molecule is O=[N+]([O-])c1ccc(Br)c(Oc2cccc(Cl)c2[N+](=O)[O-])c1. The second-order valence-electron chi connectivity index (χ2n) is 3.82. The van der Waals surface area contributed by atoms with Gasteiger partial charge in [-0.25, -0.2) is 0 Å². The molecule has 0 N–H and O–H groups in total. The summed E-state index contributed by atoms with van der Waals surface area (Å²) in [6, 6.07) is 8.06. The lowest BCUT2D eigenvalue weighted by Crippen LogP contribution is -1.95. The molecule has 0 aliphatic heterocycles. The van der Waals surface area contributed by atoms with Crippen LogP contribution in [0.4, 0.5) is 11.4 Å². The first-order chi connectivity index (χ1) is 9.90. The van der Waals surface area contributed by atoms with Crippen LogP contribution in [0.15, 0.2) is 40.9 Å². The van der Waals surface area contributed by atoms with Crippen LogP contribution in [0.1, 0.15) is 0 Å². The number of rotatable bonds is 4. The van der Waals surface area contributed by atoms with Gasteiger partial charge in [-0.1, -0.05) is 17.7 Å². The average molecular weight is 374 g/mol. The molecule has 0 aliphatic carbocycles. The van der Waals surface area contributed by atoms with E-state index in [4.69, 9.17) is 16.3 Å². The summed E-state index contributed by atoms with van der Waals surface area (Å²) in [6.45, 7) is 0. The maximum absolute atomic E-state index is 11.0. The van der Waals surface area contributed by atoms with Crippen LogP contribution in [-0.2, 0) is 0 Å². The largest absolute Gasteiger partial charge is 0.449 e. The Morgan fingerprint density at radius 1 is 1.05 bits per heavy atom. The molecule has 0 heterocycles. The van der Waals surface area contributed by atoms with E-state index in [2.05, 4.69) is 15.9 Å². The number of ether oxygens (including phenoxy) is 1. The third-order valence-corrected chi connectivity index (χ3v) is 3.44. The Hall–Kier alpha value is -2.19. The molecule has 2 rings (SSSR count). The van der Waals surface area contributed by atoms with Crippen molar-refractivity contribution >= 4 is 38.9 Å². The van der Waals surface area contributed by atoms with E-state index in [-0.39, 0.29) is 22.2 Å². The van der Waals surface area contributed by atoms with E-state index in [1.165, 1.54) is 30.3 Å². The van der Waals surface area contributed by atoms with Gasteiger partial charge in [0.2, 0.25) is 5.75 Å². The van der Waals surface area contributed by atoms with E-state index in [0.29, 0.717) is 4.47 Å². The summed E-state index contributed by atoms with van der Waals surface area (Å²) in [5.41, 5.74) is -0.601. The standard InChI is InChI=1S/C12H6BrClN2O5/c13-8-5-4-7(15(17)18)6-11(8)21-10-3-1-2-9(14)12(10)16(19)20/h1-6H. The monoisotopic (exact) mass is 372 g/mol. The molecule has 9 heteroatoms. The van der Waals surface area contributed by atoms with Crippen LogP contribution in [0, 0.1) is 20.2 Å². The molecule has 0 saturated carbocycles. The van der Waals surface area contributed by atoms with Crippen molar-refractivity contribution in [2.24, 2.45) is 0 Å². The quantitative estimate of drug-likeness (QED) is 0.571. The van der Waals surface area contributed by atoms with Crippen molar-refractivity contribution in [2.75, 3.05) is 0 Å². The summed E-state index contributed by atoms with van der Waals surface area (Å²) in [5.74, 6) is -0.0248. The zero-order chi connectivity index (χ0) is 15.6. The smallest absolute Gasteiger partial charge is 0.329 e. The normalized spacial score (nSPS) is 10.2. The number of nitrogens with zero attached hydrogens (tertiary/aromatic N) is 2. The molecule has 0 aromatic heterocycles. The highest BCUT2D eigenvalue weighted by atomic mass is 79.9. The van der Waals surface area contributed by atoms with E-state index in [0.717, 1.165) is 6.07 Å². The molecule has 21 heavy (non-hydrogen) atoms. The minimum absolute atomic E-state index is 0.0783. The first-order valence-corrected chi connectivity index (χ1v) is 6.62. The Bertz CT molecular complexity index is 738. The van der Waals surface area contributed by atoms with E-state index in [9.17, 15) is 20.2 Å². The molecule has 0 bridgehead atoms. The van der Waals surface area contributed by atoms with Crippen molar-refractivity contribution in [2.45, 2.75) is 0 Å². The lowest BCUT2D eigenvalue weighted by molar-refractivity contribution is -0.385. The number of hydrogen-bond donors (Lipinski definition) is 0. The van der Waals surface area contributed by atoms with Gasteiger partial charge in [0, 0.05) is 6.07 Å². The third-order valence-electron chi connectivity index (χ3n) is 2.48. The minimum Gasteiger partial charge on any atom is -0.449 e. The van der Waals surface area contributed by atoms with E-state index >= 15 is 0 Å². The van der Waals surface area contributed by atoms with Crippen molar-refractivity contribution in [1.29, 1.82) is 0 Å². The molecule has 2 aromatic rings. The highest BCUT2D eigenvalue weighted by molar-refractivity contribution is 9.10. The first kappa shape index (κ1) is 15.2. The predicted molar refractivity (Wildman–Crippen MR) is 79.0 cm³/mol. The molecule has 0 aliphatic rings. The van der Waals surface area contributed by atoms with Crippen molar-refractivity contribution < 1.29 is 14.6 Å². The van der Waals surface area contributed by atoms with Gasteiger partial charge in [0.05, 0.1) is 20.4 Å². The van der Waals surface area contributed by atoms with Gasteiger partial charge in [-0.3, -0.25) is 20.2 Å². The fourth-order valence-electron chi connectivity index (χ4n) is 1.56. The number of nitro groups is 2. The molecule has 0 saturated heterocycles. The molecule has 0 fully saturated rings. The number of non-ortho nitro benzene ring substituents is 1. The number of halogens is 2. The predicted octanol–water partition coefficient (Wildman–Crippen LogP) is 4.71. The number of nitro benzene ring substituents is 2. The molecule has 0 spiro atoms. The second kappa shape index (κ2) is 6.06. The molecular weight excluding hydrogens is 367 g/mol. The molecule has 0 unspecified atom stereocenters. The lowest BCUT2D eigenvalue weighted by Gasteiger charge is -2.08. The molecule has 7 nitrogen and oxygen atoms in total. The van der Waals surface area contributed by atoms with E-state index in [1.54, 1.807) is 0 Å². The Labute approximate surface area is 131 Å². The lowest BCUT2D eigenvalue weighted by atomic mass is 10.3. The molecule has 2 aromatic carbocycles. The van der Waals surface area contributed by atoms with Gasteiger partial charge < -0.3 is 4.74 Å². The van der Waals surface area contributed by atoms with E-state index < -0.39 is 15.5 Å². The van der Waals surface area contributed by atoms with Gasteiger partial charge in [-0.05, 0) is 34.1 Å². The zero-order valence-corrected chi connectivity index (χ0v) is 12.5. The summed E-state index contributed by atoms with van der Waals surface area (Å²) in [4.78, 5) is 20.5. The summed E-state index contributed by atoms with van der Waals surface area (Å²) in [7, 11) is 0. The van der Waals surface area contributed by atoms with Crippen molar-refractivity contribution in [3.05, 3.63) is 66.1 Å². The number of benzene rings is 2. The molecule has 108 valence electrons. The first-order valence-electron chi connectivity index (χ1n) is 5.45. The topological polar surface area (TPSA) is 95.5 Å². The highest BCUT2D eigenvalue weighted by Crippen LogP contribution is 2.40. The van der Waals surface area contributed by atoms with Gasteiger partial charge in [0.15, 0.2) is 0 Å². The second-order valence-corrected chi connectivity index (χ2v) is 5.08. The third kappa shape index (κ3) is 3.29. The van der Waals surface area contributed by atoms with E-state index in [1.807, 2.05) is 0 Å². The van der Waals surface area contributed by atoms with Crippen LogP contribution in [0.25, 0.3) is 0 Å². The summed E-state index contributed by atoms with van der Waals surface area (Å²) in [6.07, 6.45) is 0. The van der Waals surface area contributed by atoms with Crippen LogP contribution in [0.2, 0.25) is 5.02 Å². The molecule has 0 amide bonds. The summed E-state index contributed by atoms with van der Waals surface area (Å²) < 4.78 is 5.81. The van der Waals surface area contributed by atoms with Crippen LogP contribution in [-0.4, -0.2) is 9.85 Å². The van der Waals surface area contributed by atoms with Gasteiger partial charge >= 0.3 is 5.69 Å². The van der Waals surface area contributed by atoms with Crippen molar-refractivity contribution in [3.63, 3.8) is 0 Å². The van der Waals surface area contributed by atoms with Gasteiger partial charge in [-0.2, -0.15) is 0 Å². The van der Waals surface area contributed by atoms with Gasteiger partial charge in [0.1, 0.15) is 10.8 Å². The van der Waals surface area contributed by atoms with Gasteiger partial charge in [0.25, 0.3) is 5.69 Å². The number of para-hydroxylation sites is 1. The molecular formula is C12H6BrClN2O5. The molecule has 0 atom stereocenters. The van der Waals surface area contributed by atoms with Crippen LogP contribution in [0.5, 0.6) is 11.5 Å².